The smallest absolute Gasteiger partial charge is 0.143 e. The second-order valence-corrected chi connectivity index (χ2v) is 6.79. The van der Waals surface area contributed by atoms with E-state index in [2.05, 4.69) is 9.97 Å². The van der Waals surface area contributed by atoms with Crippen molar-refractivity contribution in [1.29, 1.82) is 0 Å². The lowest BCUT2D eigenvalue weighted by molar-refractivity contribution is 0.413. The van der Waals surface area contributed by atoms with Crippen molar-refractivity contribution in [3.63, 3.8) is 0 Å². The third kappa shape index (κ3) is 3.96. The number of methoxy groups -OCH3 is 1. The Hall–Kier alpha value is -3.67. The molecule has 5 nitrogen and oxygen atoms in total. The van der Waals surface area contributed by atoms with Crippen molar-refractivity contribution in [3.8, 4) is 22.7 Å². The van der Waals surface area contributed by atoms with Crippen LogP contribution >= 0.6 is 0 Å². The fourth-order valence-corrected chi connectivity index (χ4v) is 3.13. The molecule has 2 heterocycles. The Morgan fingerprint density at radius 2 is 1.83 bits per heavy atom. The van der Waals surface area contributed by atoms with Crippen molar-refractivity contribution in [2.24, 2.45) is 7.05 Å². The summed E-state index contributed by atoms with van der Waals surface area (Å²) in [5.74, 6) is 1.31. The van der Waals surface area contributed by atoms with Gasteiger partial charge in [0.1, 0.15) is 17.4 Å². The van der Waals surface area contributed by atoms with Crippen LogP contribution in [0.15, 0.2) is 61.2 Å². The zero-order valence-corrected chi connectivity index (χ0v) is 16.5. The SMILES string of the molecule is COc1cc(/C=C/c2nc(-c3ccc(F)cc3)cn2C)ccc1-n1cnc(C)c1. The summed E-state index contributed by atoms with van der Waals surface area (Å²) in [7, 11) is 3.59. The fourth-order valence-electron chi connectivity index (χ4n) is 3.13. The first-order chi connectivity index (χ1) is 14.0. The molecule has 0 aliphatic rings. The average Bonchev–Trinajstić information content (AvgIpc) is 3.32. The van der Waals surface area contributed by atoms with Gasteiger partial charge in [-0.2, -0.15) is 0 Å². The number of imidazole rings is 2. The Bertz CT molecular complexity index is 1170. The molecule has 4 rings (SSSR count). The quantitative estimate of drug-likeness (QED) is 0.488. The van der Waals surface area contributed by atoms with E-state index in [0.29, 0.717) is 0 Å². The molecular formula is C23H21FN4O. The average molecular weight is 388 g/mol. The molecular weight excluding hydrogens is 367 g/mol. The second kappa shape index (κ2) is 7.75. The number of hydrogen-bond acceptors (Lipinski definition) is 3. The highest BCUT2D eigenvalue weighted by Crippen LogP contribution is 2.26. The Morgan fingerprint density at radius 1 is 1.03 bits per heavy atom. The van der Waals surface area contributed by atoms with Gasteiger partial charge in [0.15, 0.2) is 0 Å². The van der Waals surface area contributed by atoms with E-state index in [4.69, 9.17) is 4.74 Å². The van der Waals surface area contributed by atoms with Crippen LogP contribution in [-0.4, -0.2) is 26.2 Å². The molecule has 4 aromatic rings. The summed E-state index contributed by atoms with van der Waals surface area (Å²) in [5, 5.41) is 0. The van der Waals surface area contributed by atoms with Gasteiger partial charge in [0, 0.05) is 25.0 Å². The maximum atomic E-state index is 13.1. The third-order valence-corrected chi connectivity index (χ3v) is 4.67. The zero-order valence-electron chi connectivity index (χ0n) is 16.5. The molecule has 2 aromatic carbocycles. The van der Waals surface area contributed by atoms with Gasteiger partial charge in [0.2, 0.25) is 0 Å². The highest BCUT2D eigenvalue weighted by molar-refractivity contribution is 5.71. The molecule has 0 saturated carbocycles. The van der Waals surface area contributed by atoms with Crippen molar-refractivity contribution >= 4 is 12.2 Å². The maximum Gasteiger partial charge on any atom is 0.143 e. The van der Waals surface area contributed by atoms with Gasteiger partial charge in [0.25, 0.3) is 0 Å². The predicted octanol–water partition coefficient (Wildman–Crippen LogP) is 4.90. The minimum Gasteiger partial charge on any atom is -0.495 e. The lowest BCUT2D eigenvalue weighted by atomic mass is 10.1. The van der Waals surface area contributed by atoms with Gasteiger partial charge in [0.05, 0.1) is 30.5 Å². The molecule has 0 unspecified atom stereocenters. The minimum atomic E-state index is -0.256. The van der Waals surface area contributed by atoms with Crippen molar-refractivity contribution in [1.82, 2.24) is 19.1 Å². The van der Waals surface area contributed by atoms with Gasteiger partial charge >= 0.3 is 0 Å². The monoisotopic (exact) mass is 388 g/mol. The third-order valence-electron chi connectivity index (χ3n) is 4.67. The highest BCUT2D eigenvalue weighted by atomic mass is 19.1. The molecule has 0 radical (unpaired) electrons. The molecule has 0 spiro atoms. The van der Waals surface area contributed by atoms with Gasteiger partial charge < -0.3 is 13.9 Å². The normalized spacial score (nSPS) is 11.3. The molecule has 0 aliphatic carbocycles. The summed E-state index contributed by atoms with van der Waals surface area (Å²) in [6.07, 6.45) is 9.59. The van der Waals surface area contributed by atoms with Crippen LogP contribution in [0.3, 0.4) is 0 Å². The lowest BCUT2D eigenvalue weighted by Crippen LogP contribution is -1.96. The van der Waals surface area contributed by atoms with Crippen LogP contribution < -0.4 is 4.74 Å². The number of halogens is 1. The molecule has 0 amide bonds. The lowest BCUT2D eigenvalue weighted by Gasteiger charge is -2.10. The molecule has 6 heteroatoms. The summed E-state index contributed by atoms with van der Waals surface area (Å²) in [5.41, 5.74) is 4.55. The van der Waals surface area contributed by atoms with Gasteiger partial charge in [-0.25, -0.2) is 14.4 Å². The van der Waals surface area contributed by atoms with E-state index in [0.717, 1.165) is 39.8 Å². The van der Waals surface area contributed by atoms with Crippen molar-refractivity contribution in [2.75, 3.05) is 7.11 Å². The zero-order chi connectivity index (χ0) is 20.4. The molecule has 0 bridgehead atoms. The summed E-state index contributed by atoms with van der Waals surface area (Å²) in [6, 6.07) is 12.3. The number of hydrogen-bond donors (Lipinski definition) is 0. The fraction of sp³-hybridized carbons (Fsp3) is 0.130. The highest BCUT2D eigenvalue weighted by Gasteiger charge is 2.08. The van der Waals surface area contributed by atoms with Crippen LogP contribution in [0.25, 0.3) is 29.1 Å². The summed E-state index contributed by atoms with van der Waals surface area (Å²) >= 11 is 0. The number of aromatic nitrogens is 4. The van der Waals surface area contributed by atoms with Gasteiger partial charge in [-0.1, -0.05) is 12.1 Å². The van der Waals surface area contributed by atoms with E-state index in [1.807, 2.05) is 65.9 Å². The van der Waals surface area contributed by atoms with Gasteiger partial charge in [-0.05, 0) is 55.0 Å². The summed E-state index contributed by atoms with van der Waals surface area (Å²) in [6.45, 7) is 1.95. The predicted molar refractivity (Wildman–Crippen MR) is 112 cm³/mol. The molecule has 0 N–H and O–H groups in total. The number of benzene rings is 2. The van der Waals surface area contributed by atoms with Crippen LogP contribution in [0.4, 0.5) is 4.39 Å². The first kappa shape index (κ1) is 18.7. The first-order valence-electron chi connectivity index (χ1n) is 9.20. The van der Waals surface area contributed by atoms with E-state index in [-0.39, 0.29) is 5.82 Å². The molecule has 0 atom stereocenters. The first-order valence-corrected chi connectivity index (χ1v) is 9.20. The number of nitrogens with zero attached hydrogens (tertiary/aromatic N) is 4. The van der Waals surface area contributed by atoms with Crippen molar-refractivity contribution < 1.29 is 9.13 Å². The van der Waals surface area contributed by atoms with Crippen LogP contribution in [0, 0.1) is 12.7 Å². The Morgan fingerprint density at radius 3 is 2.52 bits per heavy atom. The van der Waals surface area contributed by atoms with Crippen LogP contribution in [-0.2, 0) is 7.05 Å². The Labute approximate surface area is 168 Å². The number of aryl methyl sites for hydroxylation is 2. The molecule has 146 valence electrons. The second-order valence-electron chi connectivity index (χ2n) is 6.79. The van der Waals surface area contributed by atoms with Crippen molar-refractivity contribution in [3.05, 3.63) is 84.1 Å². The molecule has 2 aromatic heterocycles. The largest absolute Gasteiger partial charge is 0.495 e. The van der Waals surface area contributed by atoms with E-state index in [9.17, 15) is 4.39 Å². The Kier molecular flexibility index (Phi) is 4.99. The van der Waals surface area contributed by atoms with Crippen molar-refractivity contribution in [2.45, 2.75) is 6.92 Å². The minimum absolute atomic E-state index is 0.256. The van der Waals surface area contributed by atoms with Crippen LogP contribution in [0.2, 0.25) is 0 Å². The molecule has 0 saturated heterocycles. The van der Waals surface area contributed by atoms with Gasteiger partial charge in [-0.15, -0.1) is 0 Å². The van der Waals surface area contributed by atoms with Crippen LogP contribution in [0.1, 0.15) is 17.1 Å². The molecule has 0 aliphatic heterocycles. The van der Waals surface area contributed by atoms with Gasteiger partial charge in [-0.3, -0.25) is 0 Å². The standard InChI is InChI=1S/C23H21FN4O/c1-16-13-28(15-25-16)21-10-4-17(12-22(21)29-3)5-11-23-26-20(14-27(23)2)18-6-8-19(24)9-7-18/h4-15H,1-3H3/b11-5+. The maximum absolute atomic E-state index is 13.1. The summed E-state index contributed by atoms with van der Waals surface area (Å²) < 4.78 is 22.6. The topological polar surface area (TPSA) is 44.9 Å². The Balaban J connectivity index is 1.60. The molecule has 29 heavy (non-hydrogen) atoms. The molecule has 0 fully saturated rings. The number of ether oxygens (including phenoxy) is 1. The van der Waals surface area contributed by atoms with E-state index in [1.165, 1.54) is 12.1 Å². The van der Waals surface area contributed by atoms with Crippen LogP contribution in [0.5, 0.6) is 5.75 Å². The van der Waals surface area contributed by atoms with E-state index < -0.39 is 0 Å². The van der Waals surface area contributed by atoms with E-state index >= 15 is 0 Å². The van der Waals surface area contributed by atoms with E-state index in [1.54, 1.807) is 25.6 Å². The number of rotatable bonds is 5. The summed E-state index contributed by atoms with van der Waals surface area (Å²) in [4.78, 5) is 8.92.